The van der Waals surface area contributed by atoms with E-state index in [0.717, 1.165) is 19.3 Å². The first kappa shape index (κ1) is 40.1. The van der Waals surface area contributed by atoms with Crippen LogP contribution in [0.15, 0.2) is 41.6 Å². The summed E-state index contributed by atoms with van der Waals surface area (Å²) in [6.07, 6.45) is -0.745. The highest BCUT2D eigenvalue weighted by molar-refractivity contribution is 7.90. The molecule has 5 rings (SSSR count). The van der Waals surface area contributed by atoms with E-state index in [9.17, 15) is 31.2 Å². The van der Waals surface area contributed by atoms with Gasteiger partial charge in [-0.1, -0.05) is 17.7 Å². The first-order chi connectivity index (χ1) is 24.6. The van der Waals surface area contributed by atoms with Crippen LogP contribution in [0.3, 0.4) is 0 Å². The second-order valence-corrected chi connectivity index (χ2v) is 17.2. The van der Waals surface area contributed by atoms with Crippen LogP contribution in [0, 0.1) is 18.3 Å². The molecule has 290 valence electrons. The van der Waals surface area contributed by atoms with Gasteiger partial charge < -0.3 is 19.7 Å². The highest BCUT2D eigenvalue weighted by Crippen LogP contribution is 2.59. The summed E-state index contributed by atoms with van der Waals surface area (Å²) in [5, 5.41) is 6.65. The van der Waals surface area contributed by atoms with Crippen molar-refractivity contribution in [1.29, 1.82) is 0 Å². The third-order valence-corrected chi connectivity index (χ3v) is 11.0. The fraction of sp³-hybridized carbons (Fsp3) is 0.571. The summed E-state index contributed by atoms with van der Waals surface area (Å²) in [5.74, 6) is -0.206. The molecule has 2 fully saturated rings. The van der Waals surface area contributed by atoms with Gasteiger partial charge in [-0.3, -0.25) is 4.79 Å². The number of hydrogen-bond donors (Lipinski definition) is 2. The smallest absolute Gasteiger partial charge is 0.410 e. The number of aromatic nitrogens is 4. The molecule has 1 aliphatic heterocycles. The maximum absolute atomic E-state index is 13.3. The van der Waals surface area contributed by atoms with Crippen molar-refractivity contribution < 1.29 is 40.7 Å². The predicted octanol–water partition coefficient (Wildman–Crippen LogP) is 7.08. The Kier molecular flexibility index (Phi) is 11.3. The highest BCUT2D eigenvalue weighted by Gasteiger charge is 2.62. The van der Waals surface area contributed by atoms with Gasteiger partial charge in [-0.25, -0.2) is 24.2 Å². The first-order valence-corrected chi connectivity index (χ1v) is 19.2. The molecule has 18 heteroatoms. The number of rotatable bonds is 13. The quantitative estimate of drug-likeness (QED) is 0.136. The van der Waals surface area contributed by atoms with Crippen LogP contribution in [-0.4, -0.2) is 82.1 Å². The number of carbonyl (C=O) groups is 2. The molecule has 3 aromatic heterocycles. The Morgan fingerprint density at radius 1 is 1.08 bits per heavy atom. The molecule has 1 saturated heterocycles. The molecule has 2 amide bonds. The number of pyridine rings is 2. The summed E-state index contributed by atoms with van der Waals surface area (Å²) in [6.45, 7) is 12.1. The van der Waals surface area contributed by atoms with Crippen molar-refractivity contribution in [2.75, 3.05) is 25.0 Å². The summed E-state index contributed by atoms with van der Waals surface area (Å²) in [7, 11) is -4.44. The van der Waals surface area contributed by atoms with Crippen LogP contribution in [-0.2, 0) is 14.8 Å². The minimum Gasteiger partial charge on any atom is -0.477 e. The number of alkyl halides is 3. The number of nitrogens with zero attached hydrogens (tertiary/aromatic N) is 5. The maximum atomic E-state index is 13.3. The zero-order chi connectivity index (χ0) is 39.0. The van der Waals surface area contributed by atoms with Crippen LogP contribution in [0.5, 0.6) is 5.88 Å². The normalized spacial score (nSPS) is 18.1. The second kappa shape index (κ2) is 15.0. The number of likely N-dealkylation sites (tertiary alicyclic amines) is 1. The number of anilines is 1. The van der Waals surface area contributed by atoms with Gasteiger partial charge in [0.1, 0.15) is 16.6 Å². The molecule has 2 N–H and O–H groups in total. The summed E-state index contributed by atoms with van der Waals surface area (Å²) >= 11 is 6.28. The molecule has 13 nitrogen and oxygen atoms in total. The predicted molar refractivity (Wildman–Crippen MR) is 191 cm³/mol. The molecule has 1 atom stereocenters. The molecular weight excluding hydrogens is 739 g/mol. The Labute approximate surface area is 312 Å². The molecular formula is C35H45ClF3N7O6S. The van der Waals surface area contributed by atoms with Crippen LogP contribution < -0.4 is 14.8 Å². The molecule has 1 unspecified atom stereocenters. The average Bonchev–Trinajstić information content (AvgIpc) is 3.58. The Morgan fingerprint density at radius 3 is 2.43 bits per heavy atom. The van der Waals surface area contributed by atoms with E-state index < -0.39 is 33.1 Å². The molecule has 0 aromatic carbocycles. The monoisotopic (exact) mass is 783 g/mol. The Morgan fingerprint density at radius 2 is 1.79 bits per heavy atom. The fourth-order valence-corrected chi connectivity index (χ4v) is 7.74. The van der Waals surface area contributed by atoms with Crippen LogP contribution in [0.4, 0.5) is 23.8 Å². The van der Waals surface area contributed by atoms with Gasteiger partial charge in [0, 0.05) is 30.9 Å². The zero-order valence-corrected chi connectivity index (χ0v) is 32.1. The lowest BCUT2D eigenvalue weighted by Gasteiger charge is -2.33. The summed E-state index contributed by atoms with van der Waals surface area (Å²) < 4.78 is 80.4. The SMILES string of the molecule is Cc1ccc(NCCCC2CN(C(=O)OC(C)(C)C)C(C)(C)C2)nc1S(=O)(=O)NC(=O)c1ccc(-n2ccc(OCCC3(C(F)(F)F)CC3)n2)nc1Cl. The molecule has 1 saturated carbocycles. The van der Waals surface area contributed by atoms with Crippen LogP contribution >= 0.6 is 11.6 Å². The molecule has 1 aliphatic carbocycles. The van der Waals surface area contributed by atoms with Crippen LogP contribution in [0.1, 0.15) is 89.1 Å². The van der Waals surface area contributed by atoms with E-state index >= 15 is 0 Å². The van der Waals surface area contributed by atoms with E-state index in [1.165, 1.54) is 29.1 Å². The number of carbonyl (C=O) groups excluding carboxylic acids is 2. The number of halogens is 4. The van der Waals surface area contributed by atoms with E-state index in [2.05, 4.69) is 20.4 Å². The van der Waals surface area contributed by atoms with Gasteiger partial charge >= 0.3 is 12.3 Å². The molecule has 53 heavy (non-hydrogen) atoms. The van der Waals surface area contributed by atoms with Gasteiger partial charge in [-0.15, -0.1) is 5.10 Å². The van der Waals surface area contributed by atoms with Crippen molar-refractivity contribution in [1.82, 2.24) is 29.4 Å². The minimum absolute atomic E-state index is 0.0813. The number of hydrogen-bond acceptors (Lipinski definition) is 10. The second-order valence-electron chi connectivity index (χ2n) is 15.3. The van der Waals surface area contributed by atoms with Gasteiger partial charge in [0.2, 0.25) is 5.88 Å². The molecule has 2 aliphatic rings. The van der Waals surface area contributed by atoms with Gasteiger partial charge in [0.05, 0.1) is 17.6 Å². The number of aryl methyl sites for hydroxylation is 1. The highest BCUT2D eigenvalue weighted by atomic mass is 35.5. The van der Waals surface area contributed by atoms with Crippen molar-refractivity contribution in [3.05, 3.63) is 52.8 Å². The van der Waals surface area contributed by atoms with Crippen LogP contribution in [0.2, 0.25) is 5.15 Å². The zero-order valence-electron chi connectivity index (χ0n) is 30.5. The molecule has 0 bridgehead atoms. The van der Waals surface area contributed by atoms with E-state index in [1.54, 1.807) is 24.0 Å². The van der Waals surface area contributed by atoms with E-state index in [1.807, 2.05) is 39.3 Å². The van der Waals surface area contributed by atoms with Gasteiger partial charge in [-0.05, 0) is 110 Å². The molecule has 0 radical (unpaired) electrons. The van der Waals surface area contributed by atoms with Gasteiger partial charge in [0.15, 0.2) is 10.8 Å². The topological polar surface area (TPSA) is 158 Å². The minimum atomic E-state index is -4.44. The lowest BCUT2D eigenvalue weighted by molar-refractivity contribution is -0.190. The standard InChI is InChI=1S/C35H45ClF3N7O6S/c1-22-9-11-25(40-17-7-8-23-20-33(5,6)45(21-23)31(48)52-32(2,3)4)41-30(22)53(49,50)44-29(47)24-10-12-26(42-28(24)36)46-18-13-27(43-46)51-19-16-34(14-15-34)35(37,38)39/h9-13,18,23H,7-8,14-17,19-21H2,1-6H3,(H,40,41)(H,44,47). The summed E-state index contributed by atoms with van der Waals surface area (Å²) in [5.41, 5.74) is -2.51. The number of amides is 2. The maximum Gasteiger partial charge on any atom is 0.410 e. The van der Waals surface area contributed by atoms with E-state index in [-0.39, 0.29) is 70.9 Å². The average molecular weight is 784 g/mol. The van der Waals surface area contributed by atoms with E-state index in [0.29, 0.717) is 24.5 Å². The lowest BCUT2D eigenvalue weighted by atomic mass is 9.93. The number of ether oxygens (including phenoxy) is 2. The molecule has 4 heterocycles. The Bertz CT molecular complexity index is 1940. The van der Waals surface area contributed by atoms with Crippen molar-refractivity contribution >= 4 is 39.4 Å². The lowest BCUT2D eigenvalue weighted by Crippen LogP contribution is -2.45. The van der Waals surface area contributed by atoms with Gasteiger partial charge in [0.25, 0.3) is 15.9 Å². The van der Waals surface area contributed by atoms with E-state index in [4.69, 9.17) is 21.1 Å². The number of nitrogens with one attached hydrogen (secondary N) is 2. The summed E-state index contributed by atoms with van der Waals surface area (Å²) in [4.78, 5) is 36.0. The Balaban J connectivity index is 1.14. The van der Waals surface area contributed by atoms with Crippen molar-refractivity contribution in [2.24, 2.45) is 11.3 Å². The third kappa shape index (κ3) is 9.71. The molecule has 3 aromatic rings. The Hall–Kier alpha value is -4.12. The van der Waals surface area contributed by atoms with Crippen molar-refractivity contribution in [2.45, 2.75) is 102 Å². The van der Waals surface area contributed by atoms with Gasteiger partial charge in [-0.2, -0.15) is 21.6 Å². The van der Waals surface area contributed by atoms with Crippen molar-refractivity contribution in [3.8, 4) is 11.7 Å². The first-order valence-electron chi connectivity index (χ1n) is 17.3. The fourth-order valence-electron chi connectivity index (χ4n) is 6.34. The largest absolute Gasteiger partial charge is 0.477 e. The number of sulfonamides is 1. The van der Waals surface area contributed by atoms with Crippen molar-refractivity contribution in [3.63, 3.8) is 0 Å². The van der Waals surface area contributed by atoms with Crippen LogP contribution in [0.25, 0.3) is 5.82 Å². The third-order valence-electron chi connectivity index (χ3n) is 9.36. The summed E-state index contributed by atoms with van der Waals surface area (Å²) in [6, 6.07) is 7.33. The molecule has 0 spiro atoms.